The Hall–Kier alpha value is -1.64. The van der Waals surface area contributed by atoms with Crippen LogP contribution in [0.15, 0.2) is 35.4 Å². The molecule has 3 heteroatoms. The number of hydrazone groups is 1. The van der Waals surface area contributed by atoms with E-state index in [9.17, 15) is 4.79 Å². The predicted molar refractivity (Wildman–Crippen MR) is 113 cm³/mol. The van der Waals surface area contributed by atoms with E-state index < -0.39 is 0 Å². The van der Waals surface area contributed by atoms with Crippen LogP contribution in [-0.4, -0.2) is 11.6 Å². The molecule has 3 nitrogen and oxygen atoms in total. The van der Waals surface area contributed by atoms with Crippen molar-refractivity contribution < 1.29 is 4.79 Å². The SMILES string of the molecule is O=C(NN=C1CCCCC(C2CCCCCC2)CCCC1)c1ccccc1. The van der Waals surface area contributed by atoms with Crippen LogP contribution in [0.25, 0.3) is 0 Å². The molecule has 148 valence electrons. The normalized spacial score (nSPS) is 23.3. The first-order chi connectivity index (χ1) is 13.3. The van der Waals surface area contributed by atoms with Crippen LogP contribution in [0, 0.1) is 11.8 Å². The molecule has 1 N–H and O–H groups in total. The molecule has 0 unspecified atom stereocenters. The number of hydrogen-bond donors (Lipinski definition) is 1. The first kappa shape index (κ1) is 20.1. The smallest absolute Gasteiger partial charge is 0.267 e. The molecule has 2 aliphatic rings. The van der Waals surface area contributed by atoms with Gasteiger partial charge in [-0.2, -0.15) is 5.10 Å². The predicted octanol–water partition coefficient (Wildman–Crippen LogP) is 6.49. The van der Waals surface area contributed by atoms with Crippen LogP contribution >= 0.6 is 0 Å². The minimum Gasteiger partial charge on any atom is -0.267 e. The molecule has 0 spiro atoms. The molecular formula is C24H36N2O. The van der Waals surface area contributed by atoms with Crippen molar-refractivity contribution in [3.8, 4) is 0 Å². The summed E-state index contributed by atoms with van der Waals surface area (Å²) in [6, 6.07) is 9.35. The quantitative estimate of drug-likeness (QED) is 0.480. The van der Waals surface area contributed by atoms with Crippen molar-refractivity contribution in [2.24, 2.45) is 16.9 Å². The molecule has 1 aromatic carbocycles. The van der Waals surface area contributed by atoms with E-state index in [0.717, 1.165) is 24.7 Å². The van der Waals surface area contributed by atoms with Gasteiger partial charge in [0, 0.05) is 11.3 Å². The molecule has 0 heterocycles. The van der Waals surface area contributed by atoms with Crippen molar-refractivity contribution in [2.75, 3.05) is 0 Å². The van der Waals surface area contributed by atoms with Gasteiger partial charge in [-0.3, -0.25) is 4.79 Å². The summed E-state index contributed by atoms with van der Waals surface area (Å²) in [6.07, 6.45) is 18.7. The molecule has 27 heavy (non-hydrogen) atoms. The van der Waals surface area contributed by atoms with E-state index in [2.05, 4.69) is 10.5 Å². The summed E-state index contributed by atoms with van der Waals surface area (Å²) in [5, 5.41) is 4.47. The molecule has 1 aromatic rings. The second-order valence-electron chi connectivity index (χ2n) is 8.49. The van der Waals surface area contributed by atoms with Crippen molar-refractivity contribution in [3.05, 3.63) is 35.9 Å². The lowest BCUT2D eigenvalue weighted by Crippen LogP contribution is -2.20. The van der Waals surface area contributed by atoms with Gasteiger partial charge in [0.15, 0.2) is 0 Å². The third kappa shape index (κ3) is 6.79. The van der Waals surface area contributed by atoms with Gasteiger partial charge < -0.3 is 0 Å². The van der Waals surface area contributed by atoms with E-state index >= 15 is 0 Å². The molecule has 2 aliphatic carbocycles. The lowest BCUT2D eigenvalue weighted by atomic mass is 9.79. The second-order valence-corrected chi connectivity index (χ2v) is 8.49. The van der Waals surface area contributed by atoms with Crippen LogP contribution in [0.5, 0.6) is 0 Å². The average Bonchev–Trinajstić information content (AvgIpc) is 3.00. The topological polar surface area (TPSA) is 41.5 Å². The molecule has 2 fully saturated rings. The number of benzene rings is 1. The third-order valence-electron chi connectivity index (χ3n) is 6.50. The molecule has 3 rings (SSSR count). The van der Waals surface area contributed by atoms with Gasteiger partial charge in [-0.15, -0.1) is 0 Å². The number of carbonyl (C=O) groups is 1. The lowest BCUT2D eigenvalue weighted by Gasteiger charge is -2.27. The van der Waals surface area contributed by atoms with Gasteiger partial charge >= 0.3 is 0 Å². The van der Waals surface area contributed by atoms with E-state index in [1.165, 1.54) is 82.8 Å². The molecule has 0 radical (unpaired) electrons. The maximum absolute atomic E-state index is 12.2. The van der Waals surface area contributed by atoms with Crippen LogP contribution in [0.1, 0.15) is 100 Å². The summed E-state index contributed by atoms with van der Waals surface area (Å²) in [5.41, 5.74) is 4.62. The van der Waals surface area contributed by atoms with Crippen molar-refractivity contribution in [2.45, 2.75) is 89.9 Å². The first-order valence-corrected chi connectivity index (χ1v) is 11.2. The zero-order chi connectivity index (χ0) is 18.7. The van der Waals surface area contributed by atoms with Crippen LogP contribution in [-0.2, 0) is 0 Å². The van der Waals surface area contributed by atoms with E-state index in [1.807, 2.05) is 30.3 Å². The van der Waals surface area contributed by atoms with Crippen molar-refractivity contribution in [3.63, 3.8) is 0 Å². The minimum absolute atomic E-state index is 0.103. The van der Waals surface area contributed by atoms with Gasteiger partial charge in [0.2, 0.25) is 0 Å². The maximum Gasteiger partial charge on any atom is 0.271 e. The third-order valence-corrected chi connectivity index (χ3v) is 6.50. The van der Waals surface area contributed by atoms with Gasteiger partial charge in [0.05, 0.1) is 0 Å². The van der Waals surface area contributed by atoms with Crippen molar-refractivity contribution >= 4 is 11.6 Å². The van der Waals surface area contributed by atoms with Gasteiger partial charge in [0.1, 0.15) is 0 Å². The summed E-state index contributed by atoms with van der Waals surface area (Å²) < 4.78 is 0. The molecule has 0 saturated heterocycles. The summed E-state index contributed by atoms with van der Waals surface area (Å²) >= 11 is 0. The molecular weight excluding hydrogens is 332 g/mol. The Balaban J connectivity index is 1.48. The Morgan fingerprint density at radius 2 is 1.26 bits per heavy atom. The number of rotatable bonds is 3. The molecule has 1 amide bonds. The monoisotopic (exact) mass is 368 g/mol. The van der Waals surface area contributed by atoms with Crippen LogP contribution < -0.4 is 5.43 Å². The fraction of sp³-hybridized carbons (Fsp3) is 0.667. The summed E-state index contributed by atoms with van der Waals surface area (Å²) in [4.78, 5) is 12.2. The summed E-state index contributed by atoms with van der Waals surface area (Å²) in [5.74, 6) is 1.85. The average molecular weight is 369 g/mol. The van der Waals surface area contributed by atoms with Gasteiger partial charge in [0.25, 0.3) is 5.91 Å². The van der Waals surface area contributed by atoms with E-state index in [1.54, 1.807) is 0 Å². The number of nitrogens with one attached hydrogen (secondary N) is 1. The fourth-order valence-corrected chi connectivity index (χ4v) is 4.89. The Labute approximate surface area is 165 Å². The van der Waals surface area contributed by atoms with Gasteiger partial charge in [-0.05, 0) is 49.7 Å². The highest BCUT2D eigenvalue weighted by Gasteiger charge is 2.22. The maximum atomic E-state index is 12.2. The highest BCUT2D eigenvalue weighted by Crippen LogP contribution is 2.35. The highest BCUT2D eigenvalue weighted by molar-refractivity contribution is 5.95. The lowest BCUT2D eigenvalue weighted by molar-refractivity contribution is 0.0954. The second kappa shape index (κ2) is 11.3. The van der Waals surface area contributed by atoms with E-state index in [0.29, 0.717) is 5.56 Å². The molecule has 2 saturated carbocycles. The Kier molecular flexibility index (Phi) is 8.38. The Morgan fingerprint density at radius 1 is 0.741 bits per heavy atom. The molecule has 0 aliphatic heterocycles. The Morgan fingerprint density at radius 3 is 1.81 bits per heavy atom. The zero-order valence-electron chi connectivity index (χ0n) is 16.8. The van der Waals surface area contributed by atoms with Gasteiger partial charge in [-0.1, -0.05) is 82.4 Å². The minimum atomic E-state index is -0.103. The van der Waals surface area contributed by atoms with Crippen LogP contribution in [0.3, 0.4) is 0 Å². The molecule has 0 bridgehead atoms. The number of amides is 1. The zero-order valence-corrected chi connectivity index (χ0v) is 16.8. The molecule has 0 atom stereocenters. The van der Waals surface area contributed by atoms with Crippen LogP contribution in [0.2, 0.25) is 0 Å². The molecule has 0 aromatic heterocycles. The van der Waals surface area contributed by atoms with Gasteiger partial charge in [-0.25, -0.2) is 5.43 Å². The standard InChI is InChI=1S/C24H36N2O/c27-24(22-16-6-3-7-17-22)26-25-23-18-10-8-14-21(15-9-11-19-23)20-12-4-1-2-5-13-20/h3,6-7,16-17,20-21H,1-2,4-5,8-15,18-19H2,(H,26,27). The highest BCUT2D eigenvalue weighted by atomic mass is 16.2. The first-order valence-electron chi connectivity index (χ1n) is 11.2. The summed E-state index contributed by atoms with van der Waals surface area (Å²) in [7, 11) is 0. The Bertz CT molecular complexity index is 574. The number of hydrogen-bond acceptors (Lipinski definition) is 2. The summed E-state index contributed by atoms with van der Waals surface area (Å²) in [6.45, 7) is 0. The number of carbonyl (C=O) groups excluding carboxylic acids is 1. The number of nitrogens with zero attached hydrogens (tertiary/aromatic N) is 1. The van der Waals surface area contributed by atoms with E-state index in [4.69, 9.17) is 0 Å². The fourth-order valence-electron chi connectivity index (χ4n) is 4.89. The van der Waals surface area contributed by atoms with Crippen LogP contribution in [0.4, 0.5) is 0 Å². The largest absolute Gasteiger partial charge is 0.271 e. The van der Waals surface area contributed by atoms with Crippen molar-refractivity contribution in [1.29, 1.82) is 0 Å². The van der Waals surface area contributed by atoms with E-state index in [-0.39, 0.29) is 5.91 Å². The van der Waals surface area contributed by atoms with Crippen molar-refractivity contribution in [1.82, 2.24) is 5.43 Å².